The molecule has 0 aliphatic rings. The molecular formula is C9H24N6O7P2-2. The third-order valence-electron chi connectivity index (χ3n) is 2.26. The van der Waals surface area contributed by atoms with Gasteiger partial charge in [0.1, 0.15) is 7.60 Å². The highest BCUT2D eigenvalue weighted by molar-refractivity contribution is 7.50. The third-order valence-corrected chi connectivity index (χ3v) is 3.42. The van der Waals surface area contributed by atoms with E-state index in [0.717, 1.165) is 6.66 Å². The Morgan fingerprint density at radius 3 is 1.62 bits per heavy atom. The largest absolute Gasteiger partial charge is 0.779 e. The zero-order valence-corrected chi connectivity index (χ0v) is 15.5. The van der Waals surface area contributed by atoms with E-state index < -0.39 is 15.4 Å². The smallest absolute Gasteiger partial charge is 0.265 e. The number of nitrogens with zero attached hydrogens (tertiary/aromatic N) is 2. The van der Waals surface area contributed by atoms with Crippen molar-refractivity contribution in [2.24, 2.45) is 11.5 Å². The van der Waals surface area contributed by atoms with Crippen LogP contribution >= 0.6 is 15.4 Å². The Labute approximate surface area is 140 Å². The fourth-order valence-electron chi connectivity index (χ4n) is 0.878. The number of rotatable bonds is 8. The zero-order chi connectivity index (χ0) is 19.6. The number of phosphoric acid groups is 1. The molecule has 7 N–H and O–H groups in total. The fraction of sp³-hybridized carbons (Fsp3) is 0.778. The molecule has 2 atom stereocenters. The molecule has 24 heavy (non-hydrogen) atoms. The van der Waals surface area contributed by atoms with Crippen LogP contribution in [0.1, 0.15) is 0 Å². The minimum absolute atomic E-state index is 0.0212. The second-order valence-corrected chi connectivity index (χ2v) is 7.52. The quantitative estimate of drug-likeness (QED) is 0.163. The average molecular weight is 390 g/mol. The molecule has 0 aromatic heterocycles. The number of likely N-dealkylation sites (N-methyl/N-ethyl adjacent to an activating group) is 2. The van der Waals surface area contributed by atoms with Gasteiger partial charge in [-0.3, -0.25) is 15.4 Å². The van der Waals surface area contributed by atoms with Crippen molar-refractivity contribution in [2.45, 2.75) is 0 Å². The summed E-state index contributed by atoms with van der Waals surface area (Å²) >= 11 is 0. The minimum atomic E-state index is -4.64. The fourth-order valence-corrected chi connectivity index (χ4v) is 1.60. The summed E-state index contributed by atoms with van der Waals surface area (Å²) in [6, 6.07) is 0. The summed E-state index contributed by atoms with van der Waals surface area (Å²) in [6.07, 6.45) is 0. The van der Waals surface area contributed by atoms with Crippen molar-refractivity contribution in [1.82, 2.24) is 9.80 Å². The molecule has 144 valence electrons. The van der Waals surface area contributed by atoms with Crippen molar-refractivity contribution in [3.63, 3.8) is 0 Å². The van der Waals surface area contributed by atoms with Crippen molar-refractivity contribution in [1.29, 1.82) is 10.8 Å². The molecule has 0 heterocycles. The molecule has 0 aliphatic carbocycles. The van der Waals surface area contributed by atoms with Crippen LogP contribution in [-0.2, 0) is 18.2 Å². The minimum Gasteiger partial charge on any atom is -0.779 e. The number of hydrogen-bond acceptors (Lipinski definition) is 8. The van der Waals surface area contributed by atoms with Crippen molar-refractivity contribution in [3.8, 4) is 0 Å². The highest BCUT2D eigenvalue weighted by atomic mass is 31.2. The lowest BCUT2D eigenvalue weighted by Gasteiger charge is -2.21. The number of nitrogens with two attached hydrogens (primary N) is 2. The third kappa shape index (κ3) is 18.8. The van der Waals surface area contributed by atoms with Gasteiger partial charge in [0.15, 0.2) is 11.9 Å². The van der Waals surface area contributed by atoms with Crippen molar-refractivity contribution >= 4 is 27.3 Å². The number of hydrogen-bond donors (Lipinski definition) is 5. The van der Waals surface area contributed by atoms with Gasteiger partial charge in [-0.1, -0.05) is 0 Å². The molecule has 0 bridgehead atoms. The SMILES string of the molecule is CN(CCOP(=O)([O-])O)C(=N)N.CN(CCOP(C)(=O)[O-])C(=N)N. The number of nitrogens with one attached hydrogen (secondary N) is 2. The van der Waals surface area contributed by atoms with Crippen LogP contribution < -0.4 is 21.3 Å². The Kier molecular flexibility index (Phi) is 11.9. The Morgan fingerprint density at radius 2 is 1.38 bits per heavy atom. The lowest BCUT2D eigenvalue weighted by atomic mass is 10.6. The van der Waals surface area contributed by atoms with E-state index in [2.05, 4.69) is 9.05 Å². The molecular weight excluding hydrogens is 366 g/mol. The van der Waals surface area contributed by atoms with E-state index >= 15 is 0 Å². The average Bonchev–Trinajstić information content (AvgIpc) is 2.35. The molecule has 0 rings (SSSR count). The lowest BCUT2D eigenvalue weighted by Crippen LogP contribution is -2.35. The van der Waals surface area contributed by atoms with Crippen molar-refractivity contribution < 1.29 is 32.9 Å². The van der Waals surface area contributed by atoms with Crippen LogP contribution in [0.3, 0.4) is 0 Å². The Balaban J connectivity index is 0. The maximum absolute atomic E-state index is 10.5. The first-order chi connectivity index (χ1) is 10.7. The van der Waals surface area contributed by atoms with Gasteiger partial charge < -0.3 is 49.6 Å². The van der Waals surface area contributed by atoms with Gasteiger partial charge in [0.2, 0.25) is 0 Å². The number of guanidine groups is 2. The molecule has 2 unspecified atom stereocenters. The molecule has 0 aromatic carbocycles. The molecule has 15 heteroatoms. The molecule has 0 spiro atoms. The molecule has 0 aliphatic heterocycles. The summed E-state index contributed by atoms with van der Waals surface area (Å²) in [5, 5.41) is 13.8. The summed E-state index contributed by atoms with van der Waals surface area (Å²) < 4.78 is 29.0. The lowest BCUT2D eigenvalue weighted by molar-refractivity contribution is -0.219. The standard InChI is InChI=1S/C5H14N3O3P.C4H12N3O4P/c1-8(5(6)7)3-4-11-12(2,9)10;1-7(4(5)6)2-3-11-12(8,9)10/h3-4H2,1-2H3,(H3,6,7)(H,9,10);2-3H2,1H3,(H3,5,6)(H2,8,9,10)/p-2. The van der Waals surface area contributed by atoms with E-state index in [9.17, 15) is 18.9 Å². The predicted octanol–water partition coefficient (Wildman–Crippen LogP) is -2.70. The molecule has 13 nitrogen and oxygen atoms in total. The van der Waals surface area contributed by atoms with Crippen LogP contribution in [0.4, 0.5) is 0 Å². The number of phosphoric ester groups is 1. The second kappa shape index (κ2) is 11.4. The van der Waals surface area contributed by atoms with E-state index in [-0.39, 0.29) is 38.2 Å². The summed E-state index contributed by atoms with van der Waals surface area (Å²) in [4.78, 5) is 31.3. The zero-order valence-electron chi connectivity index (χ0n) is 13.7. The molecule has 0 amide bonds. The molecule has 0 saturated carbocycles. The van der Waals surface area contributed by atoms with Gasteiger partial charge in [-0.05, 0) is 0 Å². The van der Waals surface area contributed by atoms with E-state index in [1.165, 1.54) is 16.8 Å². The second-order valence-electron chi connectivity index (χ2n) is 4.52. The summed E-state index contributed by atoms with van der Waals surface area (Å²) in [7, 11) is -5.20. The van der Waals surface area contributed by atoms with Gasteiger partial charge in [0.05, 0.1) is 13.2 Å². The van der Waals surface area contributed by atoms with E-state index in [1.807, 2.05) is 0 Å². The summed E-state index contributed by atoms with van der Waals surface area (Å²) in [5.41, 5.74) is 10.1. The van der Waals surface area contributed by atoms with Gasteiger partial charge in [-0.25, -0.2) is 0 Å². The van der Waals surface area contributed by atoms with Crippen LogP contribution in [-0.4, -0.2) is 73.7 Å². The van der Waals surface area contributed by atoms with E-state index in [0.29, 0.717) is 0 Å². The van der Waals surface area contributed by atoms with Crippen LogP contribution in [0.25, 0.3) is 0 Å². The molecule has 0 aromatic rings. The van der Waals surface area contributed by atoms with Crippen LogP contribution in [0.5, 0.6) is 0 Å². The highest BCUT2D eigenvalue weighted by Gasteiger charge is 2.04. The molecule has 0 saturated heterocycles. The normalized spacial score (nSPS) is 15.2. The Bertz CT molecular complexity index is 449. The van der Waals surface area contributed by atoms with Crippen LogP contribution in [0.2, 0.25) is 0 Å². The van der Waals surface area contributed by atoms with Gasteiger partial charge >= 0.3 is 0 Å². The summed E-state index contributed by atoms with van der Waals surface area (Å²) in [5.74, 6) is -0.312. The maximum Gasteiger partial charge on any atom is 0.265 e. The summed E-state index contributed by atoms with van der Waals surface area (Å²) in [6.45, 7) is 1.21. The molecule has 0 fully saturated rings. The van der Waals surface area contributed by atoms with Crippen molar-refractivity contribution in [3.05, 3.63) is 0 Å². The first kappa shape index (κ1) is 25.0. The van der Waals surface area contributed by atoms with Crippen LogP contribution in [0, 0.1) is 10.8 Å². The highest BCUT2D eigenvalue weighted by Crippen LogP contribution is 2.30. The van der Waals surface area contributed by atoms with Gasteiger partial charge in [0, 0.05) is 33.8 Å². The van der Waals surface area contributed by atoms with Crippen molar-refractivity contribution in [2.75, 3.05) is 47.1 Å². The van der Waals surface area contributed by atoms with E-state index in [4.69, 9.17) is 27.2 Å². The van der Waals surface area contributed by atoms with Crippen LogP contribution in [0.15, 0.2) is 0 Å². The first-order valence-electron chi connectivity index (χ1n) is 6.37. The van der Waals surface area contributed by atoms with Gasteiger partial charge in [-0.15, -0.1) is 0 Å². The molecule has 0 radical (unpaired) electrons. The Hall–Kier alpha value is -1.20. The van der Waals surface area contributed by atoms with Gasteiger partial charge in [0.25, 0.3) is 7.82 Å². The topological polar surface area (TPSA) is 225 Å². The first-order valence-corrected chi connectivity index (χ1v) is 9.86. The van der Waals surface area contributed by atoms with Gasteiger partial charge in [-0.2, -0.15) is 0 Å². The monoisotopic (exact) mass is 390 g/mol. The predicted molar refractivity (Wildman–Crippen MR) is 84.3 cm³/mol. The maximum atomic E-state index is 10.5. The Morgan fingerprint density at radius 1 is 1.04 bits per heavy atom. The van der Waals surface area contributed by atoms with E-state index in [1.54, 1.807) is 7.05 Å².